The zero-order valence-corrected chi connectivity index (χ0v) is 11.0. The van der Waals surface area contributed by atoms with Crippen molar-refractivity contribution in [2.45, 2.75) is 56.9 Å². The van der Waals surface area contributed by atoms with Gasteiger partial charge in [-0.1, -0.05) is 25.7 Å². The van der Waals surface area contributed by atoms with Crippen molar-refractivity contribution in [3.8, 4) is 0 Å². The first kappa shape index (κ1) is 13.3. The number of ether oxygens (including phenoxy) is 2. The lowest BCUT2D eigenvalue weighted by Crippen LogP contribution is -2.44. The molecule has 1 aliphatic heterocycles. The fourth-order valence-electron chi connectivity index (χ4n) is 2.92. The first-order chi connectivity index (χ1) is 8.29. The minimum absolute atomic E-state index is 0.0400. The normalized spacial score (nSPS) is 26.6. The van der Waals surface area contributed by atoms with Gasteiger partial charge in [-0.25, -0.2) is 0 Å². The molecule has 2 aliphatic rings. The summed E-state index contributed by atoms with van der Waals surface area (Å²) in [5.41, 5.74) is 6.38. The molecule has 1 saturated carbocycles. The standard InChI is InChI=1S/C14H27NO2/c15-14(7-3-1-2-4-8-14)12-17-11-13-5-9-16-10-6-13/h13H,1-12,15H2. The molecule has 100 valence electrons. The van der Waals surface area contributed by atoms with E-state index in [1.54, 1.807) is 0 Å². The summed E-state index contributed by atoms with van der Waals surface area (Å²) < 4.78 is 11.2. The maximum absolute atomic E-state index is 6.42. The van der Waals surface area contributed by atoms with E-state index < -0.39 is 0 Å². The zero-order valence-electron chi connectivity index (χ0n) is 11.0. The summed E-state index contributed by atoms with van der Waals surface area (Å²) in [6.45, 7) is 3.44. The lowest BCUT2D eigenvalue weighted by Gasteiger charge is -2.29. The fraction of sp³-hybridized carbons (Fsp3) is 1.00. The smallest absolute Gasteiger partial charge is 0.0646 e. The van der Waals surface area contributed by atoms with Gasteiger partial charge in [0, 0.05) is 25.4 Å². The molecule has 0 aromatic heterocycles. The summed E-state index contributed by atoms with van der Waals surface area (Å²) in [5.74, 6) is 0.693. The fourth-order valence-corrected chi connectivity index (χ4v) is 2.92. The van der Waals surface area contributed by atoms with Crippen molar-refractivity contribution in [2.24, 2.45) is 11.7 Å². The molecule has 2 fully saturated rings. The molecule has 0 radical (unpaired) electrons. The molecule has 1 aliphatic carbocycles. The molecule has 0 aromatic rings. The first-order valence-electron chi connectivity index (χ1n) is 7.23. The van der Waals surface area contributed by atoms with Gasteiger partial charge in [-0.3, -0.25) is 0 Å². The summed E-state index contributed by atoms with van der Waals surface area (Å²) in [7, 11) is 0. The van der Waals surface area contributed by atoms with E-state index in [4.69, 9.17) is 15.2 Å². The quantitative estimate of drug-likeness (QED) is 0.769. The Kier molecular flexibility index (Phi) is 5.26. The topological polar surface area (TPSA) is 44.5 Å². The number of nitrogens with two attached hydrogens (primary N) is 1. The van der Waals surface area contributed by atoms with Crippen molar-refractivity contribution in [3.05, 3.63) is 0 Å². The van der Waals surface area contributed by atoms with Crippen LogP contribution in [0.15, 0.2) is 0 Å². The van der Waals surface area contributed by atoms with Crippen molar-refractivity contribution >= 4 is 0 Å². The molecule has 0 aromatic carbocycles. The van der Waals surface area contributed by atoms with Crippen LogP contribution in [0.4, 0.5) is 0 Å². The molecule has 0 spiro atoms. The zero-order chi connectivity index (χ0) is 12.0. The third kappa shape index (κ3) is 4.57. The Morgan fingerprint density at radius 3 is 2.35 bits per heavy atom. The molecule has 0 bridgehead atoms. The highest BCUT2D eigenvalue weighted by Crippen LogP contribution is 2.25. The first-order valence-corrected chi connectivity index (χ1v) is 7.23. The SMILES string of the molecule is NC1(COCC2CCOCC2)CCCCCC1. The van der Waals surface area contributed by atoms with Crippen LogP contribution in [0, 0.1) is 5.92 Å². The van der Waals surface area contributed by atoms with Crippen LogP contribution >= 0.6 is 0 Å². The maximum Gasteiger partial charge on any atom is 0.0646 e. The van der Waals surface area contributed by atoms with Crippen molar-refractivity contribution in [1.29, 1.82) is 0 Å². The third-order valence-electron chi connectivity index (χ3n) is 4.18. The van der Waals surface area contributed by atoms with Crippen LogP contribution in [0.5, 0.6) is 0 Å². The third-order valence-corrected chi connectivity index (χ3v) is 4.18. The molecule has 1 heterocycles. The summed E-state index contributed by atoms with van der Waals surface area (Å²) in [5, 5.41) is 0. The molecule has 0 unspecified atom stereocenters. The van der Waals surface area contributed by atoms with Crippen LogP contribution in [0.25, 0.3) is 0 Å². The van der Waals surface area contributed by atoms with Gasteiger partial charge >= 0.3 is 0 Å². The maximum atomic E-state index is 6.42. The lowest BCUT2D eigenvalue weighted by atomic mass is 9.92. The highest BCUT2D eigenvalue weighted by atomic mass is 16.5. The molecule has 0 atom stereocenters. The monoisotopic (exact) mass is 241 g/mol. The van der Waals surface area contributed by atoms with Gasteiger partial charge in [0.2, 0.25) is 0 Å². The number of rotatable bonds is 4. The van der Waals surface area contributed by atoms with Gasteiger partial charge in [0.1, 0.15) is 0 Å². The molecule has 1 saturated heterocycles. The van der Waals surface area contributed by atoms with E-state index >= 15 is 0 Å². The molecule has 2 rings (SSSR count). The van der Waals surface area contributed by atoms with Crippen LogP contribution in [0.1, 0.15) is 51.4 Å². The van der Waals surface area contributed by atoms with Crippen LogP contribution in [-0.4, -0.2) is 32.0 Å². The Labute approximate surface area is 105 Å². The predicted octanol–water partition coefficient (Wildman–Crippen LogP) is 2.48. The highest BCUT2D eigenvalue weighted by Gasteiger charge is 2.26. The predicted molar refractivity (Wildman–Crippen MR) is 69.0 cm³/mol. The number of hydrogen-bond donors (Lipinski definition) is 1. The molecule has 0 amide bonds. The molecular weight excluding hydrogens is 214 g/mol. The molecule has 2 N–H and O–H groups in total. The van der Waals surface area contributed by atoms with E-state index in [9.17, 15) is 0 Å². The van der Waals surface area contributed by atoms with Crippen LogP contribution in [-0.2, 0) is 9.47 Å². The summed E-state index contributed by atoms with van der Waals surface area (Å²) in [4.78, 5) is 0. The van der Waals surface area contributed by atoms with E-state index in [0.29, 0.717) is 5.92 Å². The van der Waals surface area contributed by atoms with Gasteiger partial charge in [-0.2, -0.15) is 0 Å². The minimum Gasteiger partial charge on any atom is -0.381 e. The molecular formula is C14H27NO2. The van der Waals surface area contributed by atoms with Crippen molar-refractivity contribution in [1.82, 2.24) is 0 Å². The van der Waals surface area contributed by atoms with Gasteiger partial charge in [0.15, 0.2) is 0 Å². The lowest BCUT2D eigenvalue weighted by molar-refractivity contribution is 0.00512. The highest BCUT2D eigenvalue weighted by molar-refractivity contribution is 4.85. The van der Waals surface area contributed by atoms with Crippen LogP contribution in [0.2, 0.25) is 0 Å². The average molecular weight is 241 g/mol. The Morgan fingerprint density at radius 2 is 1.71 bits per heavy atom. The average Bonchev–Trinajstić information content (AvgIpc) is 2.56. The minimum atomic E-state index is -0.0400. The van der Waals surface area contributed by atoms with Crippen molar-refractivity contribution in [3.63, 3.8) is 0 Å². The Balaban J connectivity index is 1.65. The van der Waals surface area contributed by atoms with Gasteiger partial charge in [0.05, 0.1) is 6.61 Å². The second-order valence-electron chi connectivity index (χ2n) is 5.85. The second-order valence-corrected chi connectivity index (χ2v) is 5.85. The second kappa shape index (κ2) is 6.72. The van der Waals surface area contributed by atoms with Crippen molar-refractivity contribution < 1.29 is 9.47 Å². The van der Waals surface area contributed by atoms with E-state index in [0.717, 1.165) is 52.1 Å². The summed E-state index contributed by atoms with van der Waals surface area (Å²) in [6.07, 6.45) is 9.82. The molecule has 17 heavy (non-hydrogen) atoms. The molecule has 3 heteroatoms. The van der Waals surface area contributed by atoms with Gasteiger partial charge in [0.25, 0.3) is 0 Å². The summed E-state index contributed by atoms with van der Waals surface area (Å²) >= 11 is 0. The van der Waals surface area contributed by atoms with Gasteiger partial charge in [-0.05, 0) is 31.6 Å². The Hall–Kier alpha value is -0.120. The van der Waals surface area contributed by atoms with Crippen molar-refractivity contribution in [2.75, 3.05) is 26.4 Å². The van der Waals surface area contributed by atoms with Gasteiger partial charge < -0.3 is 15.2 Å². The van der Waals surface area contributed by atoms with E-state index in [1.165, 1.54) is 25.7 Å². The van der Waals surface area contributed by atoms with E-state index in [2.05, 4.69) is 0 Å². The van der Waals surface area contributed by atoms with Gasteiger partial charge in [-0.15, -0.1) is 0 Å². The van der Waals surface area contributed by atoms with Crippen LogP contribution in [0.3, 0.4) is 0 Å². The van der Waals surface area contributed by atoms with Crippen LogP contribution < -0.4 is 5.73 Å². The Morgan fingerprint density at radius 1 is 1.06 bits per heavy atom. The summed E-state index contributed by atoms with van der Waals surface area (Å²) in [6, 6.07) is 0. The largest absolute Gasteiger partial charge is 0.381 e. The number of hydrogen-bond acceptors (Lipinski definition) is 3. The van der Waals surface area contributed by atoms with E-state index in [1.807, 2.05) is 0 Å². The Bertz CT molecular complexity index is 206. The molecule has 3 nitrogen and oxygen atoms in total. The van der Waals surface area contributed by atoms with E-state index in [-0.39, 0.29) is 5.54 Å².